The summed E-state index contributed by atoms with van der Waals surface area (Å²) in [6, 6.07) is 5.64. The largest absolute Gasteiger partial charge is 0.484 e. The molecule has 1 aromatic carbocycles. The molecule has 1 N–H and O–H groups in total. The van der Waals surface area contributed by atoms with Gasteiger partial charge in [-0.05, 0) is 39.8 Å². The highest BCUT2D eigenvalue weighted by Gasteiger charge is 2.33. The van der Waals surface area contributed by atoms with Crippen molar-refractivity contribution in [2.45, 2.75) is 45.4 Å². The van der Waals surface area contributed by atoms with E-state index in [-0.39, 0.29) is 35.9 Å². The maximum absolute atomic E-state index is 12.1. The number of hydrogen-bond donors (Lipinski definition) is 1. The van der Waals surface area contributed by atoms with E-state index in [1.165, 1.54) is 24.3 Å². The zero-order chi connectivity index (χ0) is 19.3. The van der Waals surface area contributed by atoms with E-state index in [9.17, 15) is 14.9 Å². The van der Waals surface area contributed by atoms with Crippen LogP contribution in [0.1, 0.15) is 27.7 Å². The summed E-state index contributed by atoms with van der Waals surface area (Å²) in [6.07, 6.45) is 0.332. The second-order valence-corrected chi connectivity index (χ2v) is 7.29. The van der Waals surface area contributed by atoms with Crippen LogP contribution < -0.4 is 10.1 Å². The first-order chi connectivity index (χ1) is 12.2. The Bertz CT molecular complexity index is 622. The number of non-ortho nitro benzene ring substituents is 1. The maximum atomic E-state index is 12.1. The number of amides is 1. The molecule has 0 unspecified atom stereocenters. The second-order valence-electron chi connectivity index (χ2n) is 7.29. The first-order valence-corrected chi connectivity index (χ1v) is 8.72. The fourth-order valence-corrected chi connectivity index (χ4v) is 2.96. The summed E-state index contributed by atoms with van der Waals surface area (Å²) in [5.74, 6) is 0.187. The Kier molecular flexibility index (Phi) is 6.55. The standard InChI is InChI=1S/C18H27N3O5/c1-13-9-20(10-14(2)26-13)18(3,4)12-19-17(22)11-25-16-7-5-15(6-8-16)21(23)24/h5-8,13-14H,9-12H2,1-4H3,(H,19,22)/t13-,14+. The summed E-state index contributed by atoms with van der Waals surface area (Å²) in [5, 5.41) is 13.5. The van der Waals surface area contributed by atoms with Gasteiger partial charge < -0.3 is 14.8 Å². The summed E-state index contributed by atoms with van der Waals surface area (Å²) in [4.78, 5) is 24.5. The van der Waals surface area contributed by atoms with Crippen LogP contribution in [-0.2, 0) is 9.53 Å². The highest BCUT2D eigenvalue weighted by molar-refractivity contribution is 5.77. The third kappa shape index (κ3) is 5.67. The Morgan fingerprint density at radius 3 is 2.42 bits per heavy atom. The number of carbonyl (C=O) groups excluding carboxylic acids is 1. The molecule has 8 heteroatoms. The summed E-state index contributed by atoms with van der Waals surface area (Å²) >= 11 is 0. The first-order valence-electron chi connectivity index (χ1n) is 8.72. The third-order valence-electron chi connectivity index (χ3n) is 4.41. The number of ether oxygens (including phenoxy) is 2. The fraction of sp³-hybridized carbons (Fsp3) is 0.611. The number of hydrogen-bond acceptors (Lipinski definition) is 6. The van der Waals surface area contributed by atoms with Crippen molar-refractivity contribution < 1.29 is 19.2 Å². The molecule has 1 aliphatic rings. The smallest absolute Gasteiger partial charge is 0.269 e. The predicted octanol–water partition coefficient (Wildman–Crippen LogP) is 1.98. The van der Waals surface area contributed by atoms with Gasteiger partial charge in [-0.2, -0.15) is 0 Å². The summed E-state index contributed by atoms with van der Waals surface area (Å²) < 4.78 is 11.1. The second kappa shape index (κ2) is 8.46. The lowest BCUT2D eigenvalue weighted by Crippen LogP contribution is -2.58. The number of nitrogens with one attached hydrogen (secondary N) is 1. The van der Waals surface area contributed by atoms with Gasteiger partial charge in [0.1, 0.15) is 5.75 Å². The molecular formula is C18H27N3O5. The number of benzene rings is 1. The lowest BCUT2D eigenvalue weighted by Gasteiger charge is -2.45. The molecule has 0 aliphatic carbocycles. The minimum atomic E-state index is -0.480. The van der Waals surface area contributed by atoms with Crippen LogP contribution in [0.5, 0.6) is 5.75 Å². The van der Waals surface area contributed by atoms with Crippen molar-refractivity contribution in [3.8, 4) is 5.75 Å². The highest BCUT2D eigenvalue weighted by Crippen LogP contribution is 2.21. The van der Waals surface area contributed by atoms with Crippen molar-refractivity contribution in [1.82, 2.24) is 10.2 Å². The molecule has 8 nitrogen and oxygen atoms in total. The number of morpholine rings is 1. The van der Waals surface area contributed by atoms with Gasteiger partial charge in [-0.1, -0.05) is 0 Å². The molecule has 144 valence electrons. The van der Waals surface area contributed by atoms with E-state index < -0.39 is 4.92 Å². The Hall–Kier alpha value is -2.19. The molecule has 2 rings (SSSR count). The number of nitro benzene ring substituents is 1. The van der Waals surface area contributed by atoms with Crippen LogP contribution in [0.15, 0.2) is 24.3 Å². The molecule has 0 spiro atoms. The van der Waals surface area contributed by atoms with Crippen LogP contribution in [0.4, 0.5) is 5.69 Å². The summed E-state index contributed by atoms with van der Waals surface area (Å²) in [6.45, 7) is 10.3. The average molecular weight is 365 g/mol. The van der Waals surface area contributed by atoms with Crippen LogP contribution in [0.3, 0.4) is 0 Å². The molecular weight excluding hydrogens is 338 g/mol. The molecule has 0 radical (unpaired) electrons. The van der Waals surface area contributed by atoms with Gasteiger partial charge in [-0.25, -0.2) is 0 Å². The average Bonchev–Trinajstić information content (AvgIpc) is 2.57. The maximum Gasteiger partial charge on any atom is 0.269 e. The zero-order valence-electron chi connectivity index (χ0n) is 15.7. The SMILES string of the molecule is C[C@@H]1CN(C(C)(C)CNC(=O)COc2ccc([N+](=O)[O-])cc2)C[C@H](C)O1. The van der Waals surface area contributed by atoms with Crippen molar-refractivity contribution in [3.05, 3.63) is 34.4 Å². The van der Waals surface area contributed by atoms with E-state index in [1.807, 2.05) is 0 Å². The molecule has 1 heterocycles. The van der Waals surface area contributed by atoms with Crippen LogP contribution in [-0.4, -0.2) is 59.7 Å². The fourth-order valence-electron chi connectivity index (χ4n) is 2.96. The van der Waals surface area contributed by atoms with Crippen LogP contribution in [0.2, 0.25) is 0 Å². The number of nitro groups is 1. The van der Waals surface area contributed by atoms with E-state index >= 15 is 0 Å². The minimum absolute atomic E-state index is 0.0162. The molecule has 0 saturated carbocycles. The molecule has 26 heavy (non-hydrogen) atoms. The van der Waals surface area contributed by atoms with Gasteiger partial charge in [0, 0.05) is 37.3 Å². The van der Waals surface area contributed by atoms with E-state index in [2.05, 4.69) is 37.9 Å². The monoisotopic (exact) mass is 365 g/mol. The molecule has 1 aliphatic heterocycles. The Morgan fingerprint density at radius 1 is 1.31 bits per heavy atom. The molecule has 1 amide bonds. The van der Waals surface area contributed by atoms with E-state index in [1.54, 1.807) is 0 Å². The van der Waals surface area contributed by atoms with Gasteiger partial charge in [0.25, 0.3) is 11.6 Å². The topological polar surface area (TPSA) is 93.9 Å². The van der Waals surface area contributed by atoms with Gasteiger partial charge in [0.2, 0.25) is 0 Å². The third-order valence-corrected chi connectivity index (χ3v) is 4.41. The predicted molar refractivity (Wildman–Crippen MR) is 97.3 cm³/mol. The van der Waals surface area contributed by atoms with E-state index in [0.717, 1.165) is 13.1 Å². The lowest BCUT2D eigenvalue weighted by atomic mass is 10.00. The highest BCUT2D eigenvalue weighted by atomic mass is 16.6. The molecule has 1 saturated heterocycles. The lowest BCUT2D eigenvalue weighted by molar-refractivity contribution is -0.384. The molecule has 1 fully saturated rings. The summed E-state index contributed by atoms with van der Waals surface area (Å²) in [7, 11) is 0. The molecule has 1 aromatic rings. The zero-order valence-corrected chi connectivity index (χ0v) is 15.7. The van der Waals surface area contributed by atoms with Crippen LogP contribution in [0, 0.1) is 10.1 Å². The molecule has 2 atom stereocenters. The Morgan fingerprint density at radius 2 is 1.88 bits per heavy atom. The quantitative estimate of drug-likeness (QED) is 0.586. The van der Waals surface area contributed by atoms with Gasteiger partial charge in [-0.3, -0.25) is 19.8 Å². The molecule has 0 aromatic heterocycles. The van der Waals surface area contributed by atoms with Crippen LogP contribution >= 0.6 is 0 Å². The number of nitrogens with zero attached hydrogens (tertiary/aromatic N) is 2. The molecule has 0 bridgehead atoms. The number of rotatable bonds is 7. The van der Waals surface area contributed by atoms with Crippen molar-refractivity contribution >= 4 is 11.6 Å². The first kappa shape index (κ1) is 20.1. The Balaban J connectivity index is 1.79. The normalized spacial score (nSPS) is 21.2. The van der Waals surface area contributed by atoms with Gasteiger partial charge in [0.15, 0.2) is 6.61 Å². The van der Waals surface area contributed by atoms with Gasteiger partial charge in [-0.15, -0.1) is 0 Å². The van der Waals surface area contributed by atoms with Crippen molar-refractivity contribution in [1.29, 1.82) is 0 Å². The van der Waals surface area contributed by atoms with Crippen molar-refractivity contribution in [2.24, 2.45) is 0 Å². The number of carbonyl (C=O) groups is 1. The van der Waals surface area contributed by atoms with Crippen molar-refractivity contribution in [3.63, 3.8) is 0 Å². The van der Waals surface area contributed by atoms with Gasteiger partial charge >= 0.3 is 0 Å². The van der Waals surface area contributed by atoms with Gasteiger partial charge in [0.05, 0.1) is 17.1 Å². The van der Waals surface area contributed by atoms with Crippen LogP contribution in [0.25, 0.3) is 0 Å². The van der Waals surface area contributed by atoms with Crippen molar-refractivity contribution in [2.75, 3.05) is 26.2 Å². The Labute approximate surface area is 153 Å². The minimum Gasteiger partial charge on any atom is -0.484 e. The summed E-state index contributed by atoms with van der Waals surface area (Å²) in [5.41, 5.74) is -0.215. The van der Waals surface area contributed by atoms with E-state index in [4.69, 9.17) is 9.47 Å². The van der Waals surface area contributed by atoms with E-state index in [0.29, 0.717) is 12.3 Å².